The summed E-state index contributed by atoms with van der Waals surface area (Å²) < 4.78 is 10.6. The van der Waals surface area contributed by atoms with Crippen molar-refractivity contribution in [3.05, 3.63) is 24.5 Å². The van der Waals surface area contributed by atoms with E-state index in [0.29, 0.717) is 12.1 Å². The number of carbonyl (C=O) groups is 4. The molecule has 1 aliphatic heterocycles. The fraction of sp³-hybridized carbons (Fsp3) is 0.704. The summed E-state index contributed by atoms with van der Waals surface area (Å²) >= 11 is 0. The monoisotopic (exact) mass is 634 g/mol. The Kier molecular flexibility index (Phi) is 10.7. The quantitative estimate of drug-likeness (QED) is 0.251. The number of hydrogen-bond donors (Lipinski definition) is 2. The number of esters is 1. The fourth-order valence-corrected chi connectivity index (χ4v) is 4.76. The molecule has 5 atom stereocenters. The summed E-state index contributed by atoms with van der Waals surface area (Å²) in [6, 6.07) is -2.36. The second-order valence-electron chi connectivity index (χ2n) is 12.3. The molecule has 2 fully saturated rings. The molecule has 3 rings (SSSR count). The van der Waals surface area contributed by atoms with Crippen molar-refractivity contribution in [1.82, 2.24) is 30.5 Å². The van der Waals surface area contributed by atoms with Gasteiger partial charge in [0.15, 0.2) is 0 Å². The minimum Gasteiger partial charge on any atom is -0.464 e. The molecule has 13 heteroatoms. The van der Waals surface area contributed by atoms with E-state index in [0.717, 1.165) is 0 Å². The Balaban J connectivity index is 0.00000560. The number of likely N-dealkylation sites (tertiary alicyclic amines) is 1. The molecule has 0 aromatic carbocycles. The number of amides is 3. The van der Waals surface area contributed by atoms with Crippen molar-refractivity contribution in [1.29, 1.82) is 0 Å². The van der Waals surface area contributed by atoms with Crippen LogP contribution in [-0.4, -0.2) is 80.1 Å². The van der Waals surface area contributed by atoms with Gasteiger partial charge in [-0.25, -0.2) is 14.4 Å². The zero-order chi connectivity index (χ0) is 29.3. The molecular weight excluding hydrogens is 593 g/mol. The van der Waals surface area contributed by atoms with E-state index in [4.69, 9.17) is 9.47 Å². The molecule has 12 nitrogen and oxygen atoms in total. The van der Waals surface area contributed by atoms with Crippen LogP contribution >= 0.6 is 0 Å². The Morgan fingerprint density at radius 2 is 1.88 bits per heavy atom. The summed E-state index contributed by atoms with van der Waals surface area (Å²) in [7, 11) is 0. The smallest absolute Gasteiger partial charge is 0.408 e. The van der Waals surface area contributed by atoms with Crippen LogP contribution in [0.2, 0.25) is 0 Å². The predicted molar refractivity (Wildman–Crippen MR) is 141 cm³/mol. The molecule has 1 aliphatic carbocycles. The number of aromatic nitrogens is 3. The zero-order valence-electron chi connectivity index (χ0n) is 24.7. The number of aryl methyl sites for hydroxylation is 1. The van der Waals surface area contributed by atoms with E-state index in [1.165, 1.54) is 9.70 Å². The number of nitrogens with zero attached hydrogens (tertiary/aromatic N) is 4. The molecule has 2 N–H and O–H groups in total. The molecular formula is C27H41N6O6Y-. The molecule has 1 saturated heterocycles. The molecule has 0 spiro atoms. The van der Waals surface area contributed by atoms with Gasteiger partial charge in [0.05, 0.1) is 12.6 Å². The maximum Gasteiger partial charge on any atom is 0.408 e. The first-order valence-electron chi connectivity index (χ1n) is 13.2. The fourth-order valence-electron chi connectivity index (χ4n) is 4.76. The molecule has 0 unspecified atom stereocenters. The van der Waals surface area contributed by atoms with Crippen LogP contribution in [0.15, 0.2) is 12.7 Å². The van der Waals surface area contributed by atoms with Crippen LogP contribution in [0.3, 0.4) is 0 Å². The normalized spacial score (nSPS) is 24.8. The Hall–Kier alpha value is -2.34. The van der Waals surface area contributed by atoms with Gasteiger partial charge >= 0.3 is 12.1 Å². The summed E-state index contributed by atoms with van der Waals surface area (Å²) in [6.45, 7) is 18.1. The summed E-state index contributed by atoms with van der Waals surface area (Å²) in [6.07, 6.45) is 4.22. The van der Waals surface area contributed by atoms with Gasteiger partial charge in [-0.15, -0.1) is 12.3 Å². The van der Waals surface area contributed by atoms with E-state index < -0.39 is 58.6 Å². The molecule has 0 bridgehead atoms. The van der Waals surface area contributed by atoms with Crippen LogP contribution in [0.25, 0.3) is 0 Å². The number of carbonyl (C=O) groups excluding carboxylic acids is 4. The van der Waals surface area contributed by atoms with Gasteiger partial charge in [-0.1, -0.05) is 33.8 Å². The standard InChI is InChI=1S/C27H41N6O6.Y/c1-10-17-13-27(17,23(36)38-11-2)30-21(34)19-12-18(33-28-14-16(3)31-33)15-32(19)22(35)20(25(4,5)6)29-24(37)39-26(7,8)9;/h10,17-20H,1,11-13,15H2,2-9H3,(H,29,37)(H,30,34);/q-1;/t17-,18-,19+,20-,27-;/m1./s1. The van der Waals surface area contributed by atoms with Gasteiger partial charge in [0.25, 0.3) is 0 Å². The first-order chi connectivity index (χ1) is 18.0. The summed E-state index contributed by atoms with van der Waals surface area (Å²) in [4.78, 5) is 56.1. The van der Waals surface area contributed by atoms with Gasteiger partial charge in [-0.05, 0) is 39.5 Å². The molecule has 1 radical (unpaired) electrons. The third kappa shape index (κ3) is 7.69. The third-order valence-corrected chi connectivity index (χ3v) is 6.82. The predicted octanol–water partition coefficient (Wildman–Crippen LogP) is 2.09. The van der Waals surface area contributed by atoms with Crippen molar-refractivity contribution < 1.29 is 61.4 Å². The van der Waals surface area contributed by atoms with Crippen LogP contribution < -0.4 is 10.6 Å². The number of hydrogen-bond acceptors (Lipinski definition) is 8. The Bertz CT molecular complexity index is 1130. The molecule has 1 aromatic heterocycles. The van der Waals surface area contributed by atoms with Gasteiger partial charge in [0.1, 0.15) is 23.2 Å². The number of nitrogens with one attached hydrogen (secondary N) is 2. The van der Waals surface area contributed by atoms with Gasteiger partial charge < -0.3 is 36.3 Å². The Labute approximate surface area is 261 Å². The minimum absolute atomic E-state index is 0. The molecule has 2 aliphatic rings. The molecule has 1 saturated carbocycles. The van der Waals surface area contributed by atoms with E-state index in [-0.39, 0.29) is 58.2 Å². The zero-order valence-corrected chi connectivity index (χ0v) is 27.6. The second kappa shape index (κ2) is 12.7. The summed E-state index contributed by atoms with van der Waals surface area (Å²) in [5, 5.41) is 14.1. The van der Waals surface area contributed by atoms with Crippen LogP contribution in [0, 0.1) is 24.5 Å². The maximum atomic E-state index is 14.0. The maximum absolute atomic E-state index is 14.0. The van der Waals surface area contributed by atoms with E-state index in [9.17, 15) is 19.2 Å². The SMILES string of the molecule is C=C[C@@H]1C[C@]1(NC(=O)[C@@H]1C[C@@H](n2n[c-]c(C)n2)CN1C(=O)[C@@H](NC(=O)OC(C)(C)C)C(C)(C)C)C(=O)OCC.[Y]. The van der Waals surface area contributed by atoms with Gasteiger partial charge in [-0.3, -0.25) is 9.59 Å². The van der Waals surface area contributed by atoms with Crippen molar-refractivity contribution in [3.63, 3.8) is 0 Å². The Morgan fingerprint density at radius 3 is 2.35 bits per heavy atom. The van der Waals surface area contributed by atoms with Gasteiger partial charge in [-0.2, -0.15) is 5.10 Å². The third-order valence-electron chi connectivity index (χ3n) is 6.82. The average Bonchev–Trinajstić information content (AvgIpc) is 3.12. The first-order valence-corrected chi connectivity index (χ1v) is 13.2. The largest absolute Gasteiger partial charge is 0.464 e. The van der Waals surface area contributed by atoms with Crippen LogP contribution in [0.4, 0.5) is 4.79 Å². The van der Waals surface area contributed by atoms with Crippen molar-refractivity contribution in [2.75, 3.05) is 13.2 Å². The number of rotatable bonds is 8. The van der Waals surface area contributed by atoms with Gasteiger partial charge in [0, 0.05) is 51.6 Å². The number of alkyl carbamates (subject to hydrolysis) is 1. The molecule has 40 heavy (non-hydrogen) atoms. The summed E-state index contributed by atoms with van der Waals surface area (Å²) in [5.41, 5.74) is -2.11. The second-order valence-corrected chi connectivity index (χ2v) is 12.3. The van der Waals surface area contributed by atoms with Crippen molar-refractivity contribution in [3.8, 4) is 0 Å². The van der Waals surface area contributed by atoms with Gasteiger partial charge in [0.2, 0.25) is 11.8 Å². The van der Waals surface area contributed by atoms with Crippen LogP contribution in [-0.2, 0) is 56.6 Å². The van der Waals surface area contributed by atoms with Crippen molar-refractivity contribution >= 4 is 23.9 Å². The van der Waals surface area contributed by atoms with Crippen molar-refractivity contribution in [2.45, 2.75) is 97.5 Å². The van der Waals surface area contributed by atoms with E-state index >= 15 is 0 Å². The first kappa shape index (κ1) is 33.9. The molecule has 3 amide bonds. The Morgan fingerprint density at radius 1 is 1.23 bits per heavy atom. The molecule has 1 aromatic rings. The van der Waals surface area contributed by atoms with Crippen LogP contribution in [0.1, 0.15) is 73.0 Å². The minimum atomic E-state index is -1.21. The van der Waals surface area contributed by atoms with E-state index in [1.807, 2.05) is 20.8 Å². The van der Waals surface area contributed by atoms with Crippen LogP contribution in [0.5, 0.6) is 0 Å². The topological polar surface area (TPSA) is 145 Å². The van der Waals surface area contributed by atoms with Crippen molar-refractivity contribution in [2.24, 2.45) is 11.3 Å². The van der Waals surface area contributed by atoms with E-state index in [2.05, 4.69) is 33.6 Å². The molecule has 219 valence electrons. The molecule has 2 heterocycles. The number of ether oxygens (including phenoxy) is 2. The summed E-state index contributed by atoms with van der Waals surface area (Å²) in [5.74, 6) is -1.76. The average molecular weight is 635 g/mol. The van der Waals surface area contributed by atoms with E-state index in [1.54, 1.807) is 40.7 Å².